The smallest absolute Gasteiger partial charge is 0.269 e. The van der Waals surface area contributed by atoms with E-state index in [-0.39, 0.29) is 22.6 Å². The van der Waals surface area contributed by atoms with Gasteiger partial charge in [0.2, 0.25) is 0 Å². The summed E-state index contributed by atoms with van der Waals surface area (Å²) >= 11 is 0. The zero-order chi connectivity index (χ0) is 19.5. The van der Waals surface area contributed by atoms with Crippen molar-refractivity contribution in [3.05, 3.63) is 106 Å². The van der Waals surface area contributed by atoms with E-state index in [0.29, 0.717) is 0 Å². The van der Waals surface area contributed by atoms with Gasteiger partial charge in [-0.3, -0.25) is 10.1 Å². The zero-order valence-corrected chi connectivity index (χ0v) is 15.4. The lowest BCUT2D eigenvalue weighted by atomic mass is 9.81. The molecule has 6 heteroatoms. The number of nitro groups is 1. The number of hydrogen-bond donors (Lipinski definition) is 2. The first-order chi connectivity index (χ1) is 13.7. The molecule has 0 saturated heterocycles. The molecule has 6 nitrogen and oxygen atoms in total. The number of para-hydroxylation sites is 1. The minimum Gasteiger partial charge on any atom is -0.388 e. The lowest BCUT2D eigenvalue weighted by Gasteiger charge is -2.24. The molecule has 4 rings (SSSR count). The molecule has 2 unspecified atom stereocenters. The van der Waals surface area contributed by atoms with Crippen molar-refractivity contribution in [2.24, 2.45) is 5.10 Å². The van der Waals surface area contributed by atoms with Crippen molar-refractivity contribution in [1.29, 1.82) is 0 Å². The molecule has 3 aromatic rings. The first-order valence-electron chi connectivity index (χ1n) is 9.08. The SMILES string of the molecule is CNc1ccccc1C1C(c2ccc([N+](=O)[O-])cc2)=NNC1c1ccccc1. The van der Waals surface area contributed by atoms with Crippen LogP contribution in [0.25, 0.3) is 0 Å². The average molecular weight is 372 g/mol. The predicted octanol–water partition coefficient (Wildman–Crippen LogP) is 4.47. The Balaban J connectivity index is 1.80. The molecular weight excluding hydrogens is 352 g/mol. The molecule has 0 spiro atoms. The van der Waals surface area contributed by atoms with Crippen LogP contribution in [-0.4, -0.2) is 17.7 Å². The summed E-state index contributed by atoms with van der Waals surface area (Å²) in [5, 5.41) is 18.9. The predicted molar refractivity (Wildman–Crippen MR) is 111 cm³/mol. The highest BCUT2D eigenvalue weighted by Crippen LogP contribution is 2.41. The lowest BCUT2D eigenvalue weighted by molar-refractivity contribution is -0.384. The molecule has 0 saturated carbocycles. The van der Waals surface area contributed by atoms with E-state index < -0.39 is 0 Å². The summed E-state index contributed by atoms with van der Waals surface area (Å²) in [6.07, 6.45) is 0. The Kier molecular flexibility index (Phi) is 4.76. The summed E-state index contributed by atoms with van der Waals surface area (Å²) in [5.74, 6) is -0.0347. The maximum Gasteiger partial charge on any atom is 0.269 e. The van der Waals surface area contributed by atoms with Crippen LogP contribution in [0.4, 0.5) is 11.4 Å². The molecule has 28 heavy (non-hydrogen) atoms. The molecule has 1 aliphatic heterocycles. The topological polar surface area (TPSA) is 79.6 Å². The van der Waals surface area contributed by atoms with Gasteiger partial charge in [0, 0.05) is 24.9 Å². The highest BCUT2D eigenvalue weighted by atomic mass is 16.6. The Morgan fingerprint density at radius 2 is 1.64 bits per heavy atom. The van der Waals surface area contributed by atoms with Gasteiger partial charge in [0.05, 0.1) is 22.6 Å². The van der Waals surface area contributed by atoms with Gasteiger partial charge in [-0.25, -0.2) is 0 Å². The minimum atomic E-state index is -0.390. The van der Waals surface area contributed by atoms with Crippen LogP contribution in [0.3, 0.4) is 0 Å². The molecule has 2 atom stereocenters. The second-order valence-electron chi connectivity index (χ2n) is 6.63. The molecule has 0 bridgehead atoms. The molecule has 3 aromatic carbocycles. The molecule has 0 aliphatic carbocycles. The Hall–Kier alpha value is -3.67. The molecule has 2 N–H and O–H groups in total. The van der Waals surface area contributed by atoms with Crippen molar-refractivity contribution in [3.63, 3.8) is 0 Å². The van der Waals surface area contributed by atoms with Gasteiger partial charge >= 0.3 is 0 Å². The number of nitrogens with zero attached hydrogens (tertiary/aromatic N) is 2. The molecule has 0 aromatic heterocycles. The summed E-state index contributed by atoms with van der Waals surface area (Å²) in [6.45, 7) is 0. The Labute approximate surface area is 163 Å². The van der Waals surface area contributed by atoms with Gasteiger partial charge in [0.1, 0.15) is 0 Å². The van der Waals surface area contributed by atoms with Crippen LogP contribution >= 0.6 is 0 Å². The normalized spacial score (nSPS) is 18.2. The molecule has 0 radical (unpaired) electrons. The molecule has 1 aliphatic rings. The molecule has 0 amide bonds. The fourth-order valence-corrected chi connectivity index (χ4v) is 3.69. The van der Waals surface area contributed by atoms with E-state index in [9.17, 15) is 10.1 Å². The summed E-state index contributed by atoms with van der Waals surface area (Å²) in [5.41, 5.74) is 8.39. The molecule has 0 fully saturated rings. The van der Waals surface area contributed by atoms with Crippen LogP contribution < -0.4 is 10.7 Å². The van der Waals surface area contributed by atoms with Crippen LogP contribution in [-0.2, 0) is 0 Å². The Bertz CT molecular complexity index is 1020. The van der Waals surface area contributed by atoms with Crippen molar-refractivity contribution in [1.82, 2.24) is 5.43 Å². The minimum absolute atomic E-state index is 0.0270. The van der Waals surface area contributed by atoms with E-state index >= 15 is 0 Å². The van der Waals surface area contributed by atoms with Crippen molar-refractivity contribution >= 4 is 17.1 Å². The van der Waals surface area contributed by atoms with Crippen molar-refractivity contribution in [3.8, 4) is 0 Å². The number of nitrogens with one attached hydrogen (secondary N) is 2. The summed E-state index contributed by atoms with van der Waals surface area (Å²) in [4.78, 5) is 10.6. The fourth-order valence-electron chi connectivity index (χ4n) is 3.69. The maximum atomic E-state index is 11.0. The van der Waals surface area contributed by atoms with Crippen LogP contribution in [0.15, 0.2) is 84.0 Å². The van der Waals surface area contributed by atoms with Crippen LogP contribution in [0.1, 0.15) is 28.7 Å². The number of non-ortho nitro benzene ring substituents is 1. The third kappa shape index (κ3) is 3.20. The lowest BCUT2D eigenvalue weighted by Crippen LogP contribution is -2.21. The molecule has 140 valence electrons. The van der Waals surface area contributed by atoms with Crippen molar-refractivity contribution in [2.45, 2.75) is 12.0 Å². The molecule has 1 heterocycles. The number of anilines is 1. The van der Waals surface area contributed by atoms with Crippen LogP contribution in [0.2, 0.25) is 0 Å². The van der Waals surface area contributed by atoms with E-state index in [1.165, 1.54) is 12.1 Å². The average Bonchev–Trinajstić information content (AvgIpc) is 3.19. The van der Waals surface area contributed by atoms with E-state index in [1.54, 1.807) is 12.1 Å². The third-order valence-electron chi connectivity index (χ3n) is 5.05. The van der Waals surface area contributed by atoms with Crippen molar-refractivity contribution in [2.75, 3.05) is 12.4 Å². The first-order valence-corrected chi connectivity index (χ1v) is 9.08. The number of hydrogen-bond acceptors (Lipinski definition) is 5. The number of nitro benzene ring substituents is 1. The van der Waals surface area contributed by atoms with Gasteiger partial charge in [0.25, 0.3) is 5.69 Å². The van der Waals surface area contributed by atoms with Crippen molar-refractivity contribution < 1.29 is 4.92 Å². The van der Waals surface area contributed by atoms with Gasteiger partial charge in [-0.15, -0.1) is 0 Å². The summed E-state index contributed by atoms with van der Waals surface area (Å²) in [6, 6.07) is 24.9. The van der Waals surface area contributed by atoms with E-state index in [1.807, 2.05) is 43.4 Å². The van der Waals surface area contributed by atoms with Gasteiger partial charge in [-0.1, -0.05) is 48.5 Å². The quantitative estimate of drug-likeness (QED) is 0.512. The first kappa shape index (κ1) is 17.7. The van der Waals surface area contributed by atoms with E-state index in [4.69, 9.17) is 0 Å². The highest BCUT2D eigenvalue weighted by molar-refractivity contribution is 6.07. The monoisotopic (exact) mass is 372 g/mol. The second kappa shape index (κ2) is 7.52. The fraction of sp³-hybridized carbons (Fsp3) is 0.136. The third-order valence-corrected chi connectivity index (χ3v) is 5.05. The van der Waals surface area contributed by atoms with Crippen LogP contribution in [0.5, 0.6) is 0 Å². The van der Waals surface area contributed by atoms with Gasteiger partial charge in [-0.2, -0.15) is 5.10 Å². The van der Waals surface area contributed by atoms with Gasteiger partial charge < -0.3 is 10.7 Å². The summed E-state index contributed by atoms with van der Waals surface area (Å²) in [7, 11) is 1.90. The molecular formula is C22H20N4O2. The standard InChI is InChI=1S/C22H20N4O2/c1-23-19-10-6-5-9-18(19)20-21(15-7-3-2-4-8-15)24-25-22(20)16-11-13-17(14-12-16)26(27)28/h2-14,20-21,23-24H,1H3. The number of hydrazone groups is 1. The zero-order valence-electron chi connectivity index (χ0n) is 15.4. The van der Waals surface area contributed by atoms with Gasteiger partial charge in [0.15, 0.2) is 0 Å². The highest BCUT2D eigenvalue weighted by Gasteiger charge is 2.36. The van der Waals surface area contributed by atoms with E-state index in [2.05, 4.69) is 34.0 Å². The Morgan fingerprint density at radius 1 is 0.964 bits per heavy atom. The number of benzene rings is 3. The van der Waals surface area contributed by atoms with Crippen LogP contribution in [0, 0.1) is 10.1 Å². The largest absolute Gasteiger partial charge is 0.388 e. The summed E-state index contributed by atoms with van der Waals surface area (Å²) < 4.78 is 0. The number of rotatable bonds is 5. The Morgan fingerprint density at radius 3 is 2.32 bits per heavy atom. The van der Waals surface area contributed by atoms with Gasteiger partial charge in [-0.05, 0) is 34.9 Å². The maximum absolute atomic E-state index is 11.0. The second-order valence-corrected chi connectivity index (χ2v) is 6.63. The van der Waals surface area contributed by atoms with E-state index in [0.717, 1.165) is 28.1 Å².